The number of nitrogens with zero attached hydrogens (tertiary/aromatic N) is 3. The quantitative estimate of drug-likeness (QED) is 0.450. The molecule has 4 nitrogen and oxygen atoms in total. The highest BCUT2D eigenvalue weighted by Gasteiger charge is 2.27. The first-order chi connectivity index (χ1) is 11.9. The molecule has 2 rings (SSSR count). The first-order valence-corrected chi connectivity index (χ1v) is 8.50. The predicted molar refractivity (Wildman–Crippen MR) is 100 cm³/mol. The second-order valence-electron chi connectivity index (χ2n) is 6.66. The molecule has 4 heteroatoms. The Bertz CT molecular complexity index is 749. The second kappa shape index (κ2) is 8.34. The smallest absolute Gasteiger partial charge is 0.248 e. The fourth-order valence-electron chi connectivity index (χ4n) is 2.86. The maximum atomic E-state index is 13.0. The summed E-state index contributed by atoms with van der Waals surface area (Å²) in [4.78, 5) is 13.0. The Hall–Kier alpha value is -2.80. The van der Waals surface area contributed by atoms with Crippen LogP contribution in [0, 0.1) is 17.4 Å². The Morgan fingerprint density at radius 1 is 1.04 bits per heavy atom. The zero-order valence-electron chi connectivity index (χ0n) is 15.3. The lowest BCUT2D eigenvalue weighted by molar-refractivity contribution is -0.141. The molecule has 0 aliphatic rings. The van der Waals surface area contributed by atoms with Gasteiger partial charge in [0.15, 0.2) is 6.19 Å². The van der Waals surface area contributed by atoms with Crippen molar-refractivity contribution in [1.82, 2.24) is 10.0 Å². The van der Waals surface area contributed by atoms with Crippen molar-refractivity contribution >= 4 is 5.91 Å². The average Bonchev–Trinajstić information content (AvgIpc) is 2.65. The van der Waals surface area contributed by atoms with Crippen molar-refractivity contribution in [2.24, 2.45) is 5.92 Å². The molecule has 1 unspecified atom stereocenters. The van der Waals surface area contributed by atoms with Crippen molar-refractivity contribution < 1.29 is 4.79 Å². The number of hydrogen-bond acceptors (Lipinski definition) is 3. The van der Waals surface area contributed by atoms with Crippen molar-refractivity contribution in [2.45, 2.75) is 26.2 Å². The maximum absolute atomic E-state index is 13.0. The lowest BCUT2D eigenvalue weighted by atomic mass is 9.88. The number of nitriles is 1. The molecule has 2 aromatic rings. The summed E-state index contributed by atoms with van der Waals surface area (Å²) in [6, 6.07) is 18.3. The number of amides is 1. The average molecular weight is 335 g/mol. The third kappa shape index (κ3) is 4.60. The fourth-order valence-corrected chi connectivity index (χ4v) is 2.86. The number of carbonyl (C=O) groups is 1. The van der Waals surface area contributed by atoms with Crippen molar-refractivity contribution in [3.05, 3.63) is 60.2 Å². The summed E-state index contributed by atoms with van der Waals surface area (Å²) >= 11 is 0. The van der Waals surface area contributed by atoms with Crippen LogP contribution in [0.1, 0.15) is 31.7 Å². The summed E-state index contributed by atoms with van der Waals surface area (Å²) in [6.45, 7) is 4.21. The zero-order valence-corrected chi connectivity index (χ0v) is 15.3. The highest BCUT2D eigenvalue weighted by molar-refractivity contribution is 5.84. The highest BCUT2D eigenvalue weighted by Crippen LogP contribution is 2.29. The van der Waals surface area contributed by atoms with Crippen LogP contribution in [-0.2, 0) is 4.79 Å². The van der Waals surface area contributed by atoms with Gasteiger partial charge in [0.2, 0.25) is 5.91 Å². The molecule has 0 aliphatic heterocycles. The highest BCUT2D eigenvalue weighted by atomic mass is 16.2. The van der Waals surface area contributed by atoms with E-state index in [1.54, 1.807) is 14.1 Å². The molecule has 0 saturated carbocycles. The standard InChI is InChI=1S/C21H25N3O/c1-16(2)13-20(21(25)24(4)23(3)15-22)19-12-8-11-18(14-19)17-9-6-5-7-10-17/h5-12,14,16,20H,13H2,1-4H3. The van der Waals surface area contributed by atoms with Crippen molar-refractivity contribution in [1.29, 1.82) is 5.26 Å². The van der Waals surface area contributed by atoms with Crippen LogP contribution in [0.15, 0.2) is 54.6 Å². The van der Waals surface area contributed by atoms with E-state index in [0.29, 0.717) is 5.92 Å². The molecular weight excluding hydrogens is 310 g/mol. The summed E-state index contributed by atoms with van der Waals surface area (Å²) in [5.41, 5.74) is 3.21. The first kappa shape index (κ1) is 18.5. The number of likely N-dealkylation sites (N-methyl/N-ethyl adjacent to an activating group) is 1. The van der Waals surface area contributed by atoms with Crippen LogP contribution in [-0.4, -0.2) is 30.0 Å². The Morgan fingerprint density at radius 3 is 2.28 bits per heavy atom. The molecule has 130 valence electrons. The van der Waals surface area contributed by atoms with Gasteiger partial charge < -0.3 is 0 Å². The van der Waals surface area contributed by atoms with Crippen molar-refractivity contribution in [3.63, 3.8) is 0 Å². The van der Waals surface area contributed by atoms with Crippen molar-refractivity contribution in [2.75, 3.05) is 14.1 Å². The summed E-state index contributed by atoms with van der Waals surface area (Å²) in [7, 11) is 3.23. The minimum atomic E-state index is -0.274. The summed E-state index contributed by atoms with van der Waals surface area (Å²) in [5, 5.41) is 11.7. The molecule has 0 radical (unpaired) electrons. The van der Waals surface area contributed by atoms with Gasteiger partial charge in [-0.25, -0.2) is 10.0 Å². The number of hydrazine groups is 1. The van der Waals surface area contributed by atoms with Gasteiger partial charge in [0.05, 0.1) is 5.92 Å². The molecule has 0 aromatic heterocycles. The molecule has 0 N–H and O–H groups in total. The third-order valence-electron chi connectivity index (χ3n) is 4.31. The van der Waals surface area contributed by atoms with E-state index < -0.39 is 0 Å². The summed E-state index contributed by atoms with van der Waals surface area (Å²) < 4.78 is 0. The van der Waals surface area contributed by atoms with Crippen LogP contribution in [0.5, 0.6) is 0 Å². The number of benzene rings is 2. The molecule has 1 atom stereocenters. The minimum absolute atomic E-state index is 0.0667. The van der Waals surface area contributed by atoms with E-state index in [9.17, 15) is 4.79 Å². The monoisotopic (exact) mass is 335 g/mol. The van der Waals surface area contributed by atoms with Gasteiger partial charge in [0, 0.05) is 14.1 Å². The van der Waals surface area contributed by atoms with E-state index in [1.807, 2.05) is 36.5 Å². The molecule has 0 saturated heterocycles. The first-order valence-electron chi connectivity index (χ1n) is 8.50. The van der Waals surface area contributed by atoms with E-state index in [0.717, 1.165) is 23.1 Å². The summed E-state index contributed by atoms with van der Waals surface area (Å²) in [5.74, 6) is 0.0301. The van der Waals surface area contributed by atoms with Crippen LogP contribution in [0.2, 0.25) is 0 Å². The fraction of sp³-hybridized carbons (Fsp3) is 0.333. The van der Waals surface area contributed by atoms with Crippen LogP contribution in [0.25, 0.3) is 11.1 Å². The lowest BCUT2D eigenvalue weighted by Gasteiger charge is -2.28. The van der Waals surface area contributed by atoms with E-state index in [2.05, 4.69) is 38.1 Å². The SMILES string of the molecule is CC(C)CC(C(=O)N(C)N(C)C#N)c1cccc(-c2ccccc2)c1. The van der Waals surface area contributed by atoms with Gasteiger partial charge in [0.25, 0.3) is 0 Å². The lowest BCUT2D eigenvalue weighted by Crippen LogP contribution is -2.41. The maximum Gasteiger partial charge on any atom is 0.248 e. The number of hydrogen-bond donors (Lipinski definition) is 0. The van der Waals surface area contributed by atoms with E-state index in [1.165, 1.54) is 10.0 Å². The molecule has 0 heterocycles. The van der Waals surface area contributed by atoms with Gasteiger partial charge in [-0.15, -0.1) is 0 Å². The van der Waals surface area contributed by atoms with E-state index in [-0.39, 0.29) is 11.8 Å². The summed E-state index contributed by atoms with van der Waals surface area (Å²) in [6.07, 6.45) is 2.72. The van der Waals surface area contributed by atoms with Gasteiger partial charge in [-0.1, -0.05) is 68.4 Å². The predicted octanol–water partition coefficient (Wildman–Crippen LogP) is 4.27. The molecule has 1 amide bonds. The molecule has 0 spiro atoms. The van der Waals surface area contributed by atoms with Crippen molar-refractivity contribution in [3.8, 4) is 17.3 Å². The molecule has 2 aromatic carbocycles. The normalized spacial score (nSPS) is 11.7. The van der Waals surface area contributed by atoms with Crippen LogP contribution >= 0.6 is 0 Å². The number of carbonyl (C=O) groups excluding carboxylic acids is 1. The van der Waals surface area contributed by atoms with Gasteiger partial charge in [0.1, 0.15) is 0 Å². The Balaban J connectivity index is 2.38. The topological polar surface area (TPSA) is 47.3 Å². The van der Waals surface area contributed by atoms with E-state index in [4.69, 9.17) is 5.26 Å². The second-order valence-corrected chi connectivity index (χ2v) is 6.66. The zero-order chi connectivity index (χ0) is 18.4. The Kier molecular flexibility index (Phi) is 6.19. The molecule has 0 fully saturated rings. The largest absolute Gasteiger partial charge is 0.272 e. The molecular formula is C21H25N3O. The number of rotatable bonds is 6. The third-order valence-corrected chi connectivity index (χ3v) is 4.31. The van der Waals surface area contributed by atoms with Gasteiger partial charge >= 0.3 is 0 Å². The Labute approximate surface area is 150 Å². The molecule has 25 heavy (non-hydrogen) atoms. The van der Waals surface area contributed by atoms with Crippen LogP contribution in [0.4, 0.5) is 0 Å². The van der Waals surface area contributed by atoms with Gasteiger partial charge in [-0.2, -0.15) is 5.26 Å². The van der Waals surface area contributed by atoms with Crippen LogP contribution in [0.3, 0.4) is 0 Å². The molecule has 0 bridgehead atoms. The van der Waals surface area contributed by atoms with Crippen LogP contribution < -0.4 is 0 Å². The van der Waals surface area contributed by atoms with E-state index >= 15 is 0 Å². The van der Waals surface area contributed by atoms with Gasteiger partial charge in [-0.05, 0) is 29.0 Å². The molecule has 0 aliphatic carbocycles. The van der Waals surface area contributed by atoms with Gasteiger partial charge in [-0.3, -0.25) is 4.79 Å². The minimum Gasteiger partial charge on any atom is -0.272 e. The Morgan fingerprint density at radius 2 is 1.68 bits per heavy atom.